The summed E-state index contributed by atoms with van der Waals surface area (Å²) in [5.74, 6) is 3.03. The number of rotatable bonds is 3. The van der Waals surface area contributed by atoms with Crippen molar-refractivity contribution in [3.63, 3.8) is 0 Å². The molecule has 3 saturated carbocycles. The van der Waals surface area contributed by atoms with E-state index >= 15 is 0 Å². The number of piperidine rings is 1. The SMILES string of the molecule is CC1(C)CCCC2(C)C1CCC1(C)C3CC[NH+](CCS(=O)(=O)[O-])CC3CCC12. The molecule has 162 valence electrons. The lowest BCUT2D eigenvalue weighted by atomic mass is 9.38. The molecule has 7 unspecified atom stereocenters. The van der Waals surface area contributed by atoms with Crippen LogP contribution in [0.5, 0.6) is 0 Å². The molecule has 1 aliphatic heterocycles. The second kappa shape index (κ2) is 6.95. The predicted molar refractivity (Wildman–Crippen MR) is 111 cm³/mol. The van der Waals surface area contributed by atoms with E-state index in [0.717, 1.165) is 36.8 Å². The van der Waals surface area contributed by atoms with Crippen LogP contribution in [0.4, 0.5) is 0 Å². The Morgan fingerprint density at radius 1 is 0.929 bits per heavy atom. The zero-order valence-corrected chi connectivity index (χ0v) is 19.2. The van der Waals surface area contributed by atoms with Crippen LogP contribution in [-0.2, 0) is 10.1 Å². The van der Waals surface area contributed by atoms with Crippen LogP contribution in [0.15, 0.2) is 0 Å². The number of hydrogen-bond acceptors (Lipinski definition) is 3. The molecule has 1 saturated heterocycles. The number of quaternary nitrogens is 1. The van der Waals surface area contributed by atoms with Crippen molar-refractivity contribution >= 4 is 10.1 Å². The molecule has 4 nitrogen and oxygen atoms in total. The van der Waals surface area contributed by atoms with E-state index < -0.39 is 10.1 Å². The quantitative estimate of drug-likeness (QED) is 0.726. The van der Waals surface area contributed by atoms with Crippen molar-refractivity contribution in [2.24, 2.45) is 39.9 Å². The monoisotopic (exact) mass is 411 g/mol. The molecule has 0 aromatic carbocycles. The van der Waals surface area contributed by atoms with Crippen molar-refractivity contribution in [3.8, 4) is 0 Å². The molecular weight excluding hydrogens is 370 g/mol. The molecule has 3 aliphatic carbocycles. The van der Waals surface area contributed by atoms with E-state index in [0.29, 0.717) is 22.8 Å². The minimum absolute atomic E-state index is 0.200. The minimum Gasteiger partial charge on any atom is -0.748 e. The minimum atomic E-state index is -4.09. The van der Waals surface area contributed by atoms with E-state index in [9.17, 15) is 13.0 Å². The average Bonchev–Trinajstić information content (AvgIpc) is 2.58. The fraction of sp³-hybridized carbons (Fsp3) is 1.00. The largest absolute Gasteiger partial charge is 0.748 e. The topological polar surface area (TPSA) is 61.6 Å². The summed E-state index contributed by atoms with van der Waals surface area (Å²) in [6.07, 6.45) is 10.9. The molecule has 0 aromatic heterocycles. The third kappa shape index (κ3) is 3.47. The number of nitrogens with one attached hydrogen (secondary N) is 1. The maximum Gasteiger partial charge on any atom is 0.100 e. The Balaban J connectivity index is 1.51. The van der Waals surface area contributed by atoms with Crippen LogP contribution in [0.2, 0.25) is 0 Å². The molecule has 28 heavy (non-hydrogen) atoms. The number of likely N-dealkylation sites (tertiary alicyclic amines) is 1. The molecule has 1 N–H and O–H groups in total. The smallest absolute Gasteiger partial charge is 0.100 e. The number of hydrogen-bond donors (Lipinski definition) is 1. The molecule has 4 fully saturated rings. The van der Waals surface area contributed by atoms with Crippen LogP contribution in [0.3, 0.4) is 0 Å². The van der Waals surface area contributed by atoms with Gasteiger partial charge in [-0.2, -0.15) is 0 Å². The fourth-order valence-electron chi connectivity index (χ4n) is 9.05. The van der Waals surface area contributed by atoms with Gasteiger partial charge in [0.2, 0.25) is 0 Å². The fourth-order valence-corrected chi connectivity index (χ4v) is 9.59. The lowest BCUT2D eigenvalue weighted by molar-refractivity contribution is -0.908. The van der Waals surface area contributed by atoms with Gasteiger partial charge in [0, 0.05) is 12.3 Å². The molecule has 0 aromatic rings. The summed E-state index contributed by atoms with van der Waals surface area (Å²) in [6.45, 7) is 12.9. The third-order valence-corrected chi connectivity index (χ3v) is 10.9. The van der Waals surface area contributed by atoms with E-state index in [4.69, 9.17) is 0 Å². The summed E-state index contributed by atoms with van der Waals surface area (Å²) in [5, 5.41) is 0. The zero-order valence-electron chi connectivity index (χ0n) is 18.4. The van der Waals surface area contributed by atoms with Crippen molar-refractivity contribution in [3.05, 3.63) is 0 Å². The average molecular weight is 412 g/mol. The van der Waals surface area contributed by atoms with Gasteiger partial charge in [-0.05, 0) is 72.5 Å². The maximum absolute atomic E-state index is 11.0. The highest BCUT2D eigenvalue weighted by atomic mass is 32.2. The van der Waals surface area contributed by atoms with Gasteiger partial charge < -0.3 is 9.45 Å². The number of fused-ring (bicyclic) bond motifs is 5. The van der Waals surface area contributed by atoms with Gasteiger partial charge in [0.15, 0.2) is 0 Å². The van der Waals surface area contributed by atoms with E-state index in [2.05, 4.69) is 27.7 Å². The summed E-state index contributed by atoms with van der Waals surface area (Å²) in [7, 11) is -4.09. The van der Waals surface area contributed by atoms with E-state index in [-0.39, 0.29) is 5.75 Å². The summed E-state index contributed by atoms with van der Waals surface area (Å²) in [6, 6.07) is 0. The lowest BCUT2D eigenvalue weighted by Crippen LogP contribution is -3.14. The molecular formula is C23H41NO3S. The van der Waals surface area contributed by atoms with E-state index in [1.807, 2.05) is 0 Å². The second-order valence-corrected chi connectivity index (χ2v) is 13.5. The van der Waals surface area contributed by atoms with Crippen molar-refractivity contribution < 1.29 is 17.9 Å². The van der Waals surface area contributed by atoms with Gasteiger partial charge in [-0.1, -0.05) is 34.1 Å². The van der Waals surface area contributed by atoms with Gasteiger partial charge in [0.1, 0.15) is 10.1 Å². The first-order valence-corrected chi connectivity index (χ1v) is 13.3. The Bertz CT molecular complexity index is 705. The molecule has 0 radical (unpaired) electrons. The second-order valence-electron chi connectivity index (χ2n) is 11.9. The lowest BCUT2D eigenvalue weighted by Gasteiger charge is -2.67. The molecule has 4 rings (SSSR count). The maximum atomic E-state index is 11.0. The van der Waals surface area contributed by atoms with E-state index in [1.165, 1.54) is 56.3 Å². The van der Waals surface area contributed by atoms with Crippen molar-refractivity contribution in [1.82, 2.24) is 0 Å². The summed E-state index contributed by atoms with van der Waals surface area (Å²) in [5.41, 5.74) is 1.45. The highest BCUT2D eigenvalue weighted by molar-refractivity contribution is 7.85. The van der Waals surface area contributed by atoms with Gasteiger partial charge >= 0.3 is 0 Å². The van der Waals surface area contributed by atoms with Crippen LogP contribution in [-0.4, -0.2) is 38.4 Å². The van der Waals surface area contributed by atoms with Gasteiger partial charge in [0.05, 0.1) is 25.4 Å². The van der Waals surface area contributed by atoms with Crippen LogP contribution in [0.1, 0.15) is 79.1 Å². The Kier molecular flexibility index (Phi) is 5.24. The molecule has 0 bridgehead atoms. The first-order valence-electron chi connectivity index (χ1n) is 11.7. The van der Waals surface area contributed by atoms with Crippen LogP contribution in [0, 0.1) is 39.9 Å². The standard InChI is InChI=1S/C23H41NO3S/c1-21(2)10-5-11-23(4)19(21)8-12-22(3)18-9-13-24(14-15-28(25,26)27)16-17(18)6-7-20(22)23/h17-20H,5-16H2,1-4H3,(H,25,26,27). The Hall–Kier alpha value is -0.130. The normalized spacial score (nSPS) is 48.2. The highest BCUT2D eigenvalue weighted by Gasteiger charge is 2.62. The van der Waals surface area contributed by atoms with E-state index in [1.54, 1.807) is 0 Å². The Labute approximate surface area is 172 Å². The van der Waals surface area contributed by atoms with Crippen molar-refractivity contribution in [2.75, 3.05) is 25.4 Å². The van der Waals surface area contributed by atoms with Gasteiger partial charge in [0.25, 0.3) is 0 Å². The molecule has 4 aliphatic rings. The third-order valence-electron chi connectivity index (χ3n) is 10.1. The van der Waals surface area contributed by atoms with Crippen molar-refractivity contribution in [2.45, 2.75) is 79.1 Å². The Morgan fingerprint density at radius 3 is 2.39 bits per heavy atom. The predicted octanol–water partition coefficient (Wildman–Crippen LogP) is 3.10. The molecule has 5 heteroatoms. The van der Waals surface area contributed by atoms with Crippen LogP contribution in [0.25, 0.3) is 0 Å². The summed E-state index contributed by atoms with van der Waals surface area (Å²) < 4.78 is 33.1. The molecule has 1 heterocycles. The highest BCUT2D eigenvalue weighted by Crippen LogP contribution is 2.69. The van der Waals surface area contributed by atoms with Gasteiger partial charge in [-0.3, -0.25) is 0 Å². The van der Waals surface area contributed by atoms with Crippen LogP contribution < -0.4 is 4.90 Å². The van der Waals surface area contributed by atoms with Gasteiger partial charge in [-0.15, -0.1) is 0 Å². The first kappa shape index (κ1) is 21.1. The summed E-state index contributed by atoms with van der Waals surface area (Å²) >= 11 is 0. The Morgan fingerprint density at radius 2 is 1.68 bits per heavy atom. The molecule has 0 amide bonds. The first-order chi connectivity index (χ1) is 13.0. The molecule has 0 spiro atoms. The van der Waals surface area contributed by atoms with Crippen molar-refractivity contribution in [1.29, 1.82) is 0 Å². The van der Waals surface area contributed by atoms with Gasteiger partial charge in [-0.25, -0.2) is 8.42 Å². The zero-order chi connectivity index (χ0) is 20.4. The molecule has 7 atom stereocenters. The summed E-state index contributed by atoms with van der Waals surface area (Å²) in [4.78, 5) is 1.35. The van der Waals surface area contributed by atoms with Crippen LogP contribution >= 0.6 is 0 Å².